The molecule has 3 rings (SSSR count). The first-order chi connectivity index (χ1) is 8.95. The van der Waals surface area contributed by atoms with Crippen molar-refractivity contribution in [3.8, 4) is 0 Å². The van der Waals surface area contributed by atoms with Crippen molar-refractivity contribution >= 4 is 11.8 Å². The molecule has 4 N–H and O–H groups in total. The van der Waals surface area contributed by atoms with Crippen LogP contribution in [0.3, 0.4) is 0 Å². The van der Waals surface area contributed by atoms with Crippen LogP contribution >= 0.6 is 0 Å². The first-order valence-corrected chi connectivity index (χ1v) is 7.02. The van der Waals surface area contributed by atoms with Gasteiger partial charge in [0.1, 0.15) is 5.82 Å². The number of hydrogen-bond donors (Lipinski definition) is 3. The zero-order chi connectivity index (χ0) is 13.7. The minimum atomic E-state index is 0.314. The largest absolute Gasteiger partial charge is 0.366 e. The minimum Gasteiger partial charge on any atom is -0.366 e. The summed E-state index contributed by atoms with van der Waals surface area (Å²) < 4.78 is 0. The van der Waals surface area contributed by atoms with Crippen LogP contribution < -0.4 is 16.6 Å². The van der Waals surface area contributed by atoms with Crippen LogP contribution in [0.4, 0.5) is 11.8 Å². The van der Waals surface area contributed by atoms with E-state index < -0.39 is 0 Å². The summed E-state index contributed by atoms with van der Waals surface area (Å²) in [5, 5.41) is 3.63. The van der Waals surface area contributed by atoms with Crippen molar-refractivity contribution in [2.24, 2.45) is 22.6 Å². The standard InChI is InChI=1S/C14H23N5/c1-13(2)9-4-6-14(3,8-9)11(13)17-10-5-7-16-12(18-10)19-15/h5,7,9,11H,4,6,8,15H2,1-3H3,(H2,16,17,18,19). The average molecular weight is 261 g/mol. The van der Waals surface area contributed by atoms with E-state index in [9.17, 15) is 0 Å². The number of nitrogens with two attached hydrogens (primary N) is 1. The van der Waals surface area contributed by atoms with Gasteiger partial charge in [-0.1, -0.05) is 20.8 Å². The van der Waals surface area contributed by atoms with Gasteiger partial charge in [0.2, 0.25) is 5.95 Å². The van der Waals surface area contributed by atoms with Crippen molar-refractivity contribution < 1.29 is 0 Å². The monoisotopic (exact) mass is 261 g/mol. The second-order valence-electron chi connectivity index (χ2n) is 6.90. The number of nitrogens with zero attached hydrogens (tertiary/aromatic N) is 2. The molecule has 0 amide bonds. The Balaban J connectivity index is 1.86. The molecule has 0 spiro atoms. The summed E-state index contributed by atoms with van der Waals surface area (Å²) in [4.78, 5) is 8.42. The van der Waals surface area contributed by atoms with E-state index in [1.165, 1.54) is 19.3 Å². The Morgan fingerprint density at radius 2 is 2.16 bits per heavy atom. The predicted octanol–water partition coefficient (Wildman–Crippen LogP) is 2.39. The molecule has 0 saturated heterocycles. The van der Waals surface area contributed by atoms with Gasteiger partial charge in [-0.25, -0.2) is 10.8 Å². The molecule has 2 aliphatic rings. The van der Waals surface area contributed by atoms with Crippen LogP contribution in [0.15, 0.2) is 12.3 Å². The third-order valence-corrected chi connectivity index (χ3v) is 5.35. The van der Waals surface area contributed by atoms with E-state index in [-0.39, 0.29) is 0 Å². The van der Waals surface area contributed by atoms with Crippen LogP contribution in [0, 0.1) is 16.7 Å². The number of hydrogen-bond acceptors (Lipinski definition) is 5. The van der Waals surface area contributed by atoms with E-state index in [1.54, 1.807) is 6.20 Å². The van der Waals surface area contributed by atoms with Gasteiger partial charge in [0.25, 0.3) is 0 Å². The van der Waals surface area contributed by atoms with Gasteiger partial charge in [-0.05, 0) is 42.1 Å². The molecule has 0 aromatic carbocycles. The molecule has 2 bridgehead atoms. The summed E-state index contributed by atoms with van der Waals surface area (Å²) in [6.45, 7) is 7.16. The summed E-state index contributed by atoms with van der Waals surface area (Å²) in [5.41, 5.74) is 3.19. The Hall–Kier alpha value is -1.36. The lowest BCUT2D eigenvalue weighted by molar-refractivity contribution is 0.155. The van der Waals surface area contributed by atoms with E-state index >= 15 is 0 Å². The number of nitrogen functional groups attached to an aromatic ring is 1. The number of aromatic nitrogens is 2. The quantitative estimate of drug-likeness (QED) is 0.575. The van der Waals surface area contributed by atoms with Gasteiger partial charge in [0.15, 0.2) is 0 Å². The number of hydrazine groups is 1. The molecule has 5 nitrogen and oxygen atoms in total. The maximum atomic E-state index is 5.36. The first-order valence-electron chi connectivity index (χ1n) is 7.02. The Labute approximate surface area is 114 Å². The summed E-state index contributed by atoms with van der Waals surface area (Å²) >= 11 is 0. The number of rotatable bonds is 3. The molecule has 2 aliphatic carbocycles. The fraction of sp³-hybridized carbons (Fsp3) is 0.714. The molecule has 2 saturated carbocycles. The van der Waals surface area contributed by atoms with Gasteiger partial charge < -0.3 is 5.32 Å². The third kappa shape index (κ3) is 1.87. The lowest BCUT2D eigenvalue weighted by Crippen LogP contribution is -2.46. The van der Waals surface area contributed by atoms with Crippen molar-refractivity contribution in [1.82, 2.24) is 9.97 Å². The molecule has 3 atom stereocenters. The maximum Gasteiger partial charge on any atom is 0.239 e. The smallest absolute Gasteiger partial charge is 0.239 e. The molecule has 1 aromatic rings. The summed E-state index contributed by atoms with van der Waals surface area (Å²) in [7, 11) is 0. The molecule has 1 heterocycles. The highest BCUT2D eigenvalue weighted by molar-refractivity contribution is 5.42. The molecule has 5 heteroatoms. The Kier molecular flexibility index (Phi) is 2.71. The van der Waals surface area contributed by atoms with E-state index in [0.29, 0.717) is 22.8 Å². The molecular formula is C14H23N5. The van der Waals surface area contributed by atoms with Gasteiger partial charge in [0, 0.05) is 12.2 Å². The van der Waals surface area contributed by atoms with Gasteiger partial charge in [0.05, 0.1) is 0 Å². The van der Waals surface area contributed by atoms with Crippen LogP contribution in [0.25, 0.3) is 0 Å². The summed E-state index contributed by atoms with van der Waals surface area (Å²) in [5.74, 6) is 7.50. The second kappa shape index (κ2) is 4.07. The second-order valence-corrected chi connectivity index (χ2v) is 6.90. The molecule has 3 unspecified atom stereocenters. The lowest BCUT2D eigenvalue weighted by Gasteiger charge is -2.43. The van der Waals surface area contributed by atoms with Gasteiger partial charge in [-0.3, -0.25) is 5.43 Å². The molecule has 104 valence electrons. The molecule has 0 aliphatic heterocycles. The van der Waals surface area contributed by atoms with E-state index in [4.69, 9.17) is 5.84 Å². The highest BCUT2D eigenvalue weighted by atomic mass is 15.3. The Morgan fingerprint density at radius 3 is 2.79 bits per heavy atom. The van der Waals surface area contributed by atoms with Crippen molar-refractivity contribution in [2.45, 2.75) is 46.1 Å². The fourth-order valence-corrected chi connectivity index (χ4v) is 4.32. The summed E-state index contributed by atoms with van der Waals surface area (Å²) in [6, 6.07) is 2.37. The zero-order valence-corrected chi connectivity index (χ0v) is 11.9. The predicted molar refractivity (Wildman–Crippen MR) is 76.5 cm³/mol. The third-order valence-electron chi connectivity index (χ3n) is 5.35. The number of fused-ring (bicyclic) bond motifs is 2. The van der Waals surface area contributed by atoms with Crippen LogP contribution in [0.5, 0.6) is 0 Å². The summed E-state index contributed by atoms with van der Waals surface area (Å²) in [6.07, 6.45) is 5.73. The van der Waals surface area contributed by atoms with Crippen LogP contribution in [0.1, 0.15) is 40.0 Å². The van der Waals surface area contributed by atoms with Crippen molar-refractivity contribution in [3.05, 3.63) is 12.3 Å². The van der Waals surface area contributed by atoms with Crippen molar-refractivity contribution in [1.29, 1.82) is 0 Å². The first kappa shape index (κ1) is 12.7. The SMILES string of the molecule is CC12CCC(C1)C(C)(C)C2Nc1ccnc(NN)n1. The van der Waals surface area contributed by atoms with Crippen LogP contribution in [-0.2, 0) is 0 Å². The Morgan fingerprint density at radius 1 is 1.37 bits per heavy atom. The molecule has 0 radical (unpaired) electrons. The van der Waals surface area contributed by atoms with E-state index in [2.05, 4.69) is 41.5 Å². The molecule has 19 heavy (non-hydrogen) atoms. The Bertz CT molecular complexity index is 482. The average Bonchev–Trinajstić information content (AvgIpc) is 2.86. The molecular weight excluding hydrogens is 238 g/mol. The molecule has 1 aromatic heterocycles. The van der Waals surface area contributed by atoms with Crippen molar-refractivity contribution in [2.75, 3.05) is 10.7 Å². The van der Waals surface area contributed by atoms with Gasteiger partial charge >= 0.3 is 0 Å². The van der Waals surface area contributed by atoms with Crippen LogP contribution in [0.2, 0.25) is 0 Å². The number of anilines is 2. The van der Waals surface area contributed by atoms with Crippen molar-refractivity contribution in [3.63, 3.8) is 0 Å². The van der Waals surface area contributed by atoms with E-state index in [0.717, 1.165) is 11.7 Å². The fourth-order valence-electron chi connectivity index (χ4n) is 4.32. The van der Waals surface area contributed by atoms with Crippen LogP contribution in [-0.4, -0.2) is 16.0 Å². The zero-order valence-electron chi connectivity index (χ0n) is 11.9. The molecule has 2 fully saturated rings. The topological polar surface area (TPSA) is 75.9 Å². The number of nitrogens with one attached hydrogen (secondary N) is 2. The highest BCUT2D eigenvalue weighted by Crippen LogP contribution is 2.62. The lowest BCUT2D eigenvalue weighted by atomic mass is 9.68. The highest BCUT2D eigenvalue weighted by Gasteiger charge is 2.59. The van der Waals surface area contributed by atoms with Gasteiger partial charge in [-0.2, -0.15) is 4.98 Å². The maximum absolute atomic E-state index is 5.36. The van der Waals surface area contributed by atoms with Gasteiger partial charge in [-0.15, -0.1) is 0 Å². The van der Waals surface area contributed by atoms with E-state index in [1.807, 2.05) is 6.07 Å². The minimum absolute atomic E-state index is 0.314. The normalized spacial score (nSPS) is 35.4.